The summed E-state index contributed by atoms with van der Waals surface area (Å²) in [5, 5.41) is 14.6. The number of aromatic amines is 1. The van der Waals surface area contributed by atoms with Crippen molar-refractivity contribution in [1.82, 2.24) is 25.8 Å². The maximum absolute atomic E-state index is 5.29. The average Bonchev–Trinajstić information content (AvgIpc) is 3.31. The van der Waals surface area contributed by atoms with Gasteiger partial charge in [0.2, 0.25) is 5.82 Å². The van der Waals surface area contributed by atoms with Crippen LogP contribution in [0.25, 0.3) is 11.6 Å². The molecule has 124 valence electrons. The highest BCUT2D eigenvalue weighted by Crippen LogP contribution is 2.28. The lowest BCUT2D eigenvalue weighted by Gasteiger charge is -2.16. The Hall–Kier alpha value is -1.96. The van der Waals surface area contributed by atoms with Crippen LogP contribution >= 0.6 is 11.8 Å². The summed E-state index contributed by atoms with van der Waals surface area (Å²) in [6.07, 6.45) is 7.44. The number of rotatable bonds is 5. The molecule has 7 nitrogen and oxygen atoms in total. The number of H-pyrrole nitrogens is 1. The van der Waals surface area contributed by atoms with E-state index in [4.69, 9.17) is 4.42 Å². The highest BCUT2D eigenvalue weighted by Gasteiger charge is 2.24. The number of thioether (sulfide) groups is 1. The number of aromatic nitrogens is 3. The quantitative estimate of drug-likeness (QED) is 0.572. The number of guanidine groups is 1. The number of hydrogen-bond donors (Lipinski definition) is 3. The van der Waals surface area contributed by atoms with Gasteiger partial charge in [0.15, 0.2) is 11.7 Å². The third kappa shape index (κ3) is 4.07. The van der Waals surface area contributed by atoms with Gasteiger partial charge in [-0.2, -0.15) is 11.8 Å². The van der Waals surface area contributed by atoms with E-state index in [1.165, 1.54) is 19.3 Å². The van der Waals surface area contributed by atoms with E-state index in [-0.39, 0.29) is 0 Å². The summed E-state index contributed by atoms with van der Waals surface area (Å²) < 4.78 is 5.29. The molecule has 2 aromatic heterocycles. The van der Waals surface area contributed by atoms with Crippen LogP contribution in [0, 0.1) is 0 Å². The van der Waals surface area contributed by atoms with Crippen LogP contribution in [-0.4, -0.2) is 45.7 Å². The lowest BCUT2D eigenvalue weighted by atomic mass is 10.2. The average molecular weight is 334 g/mol. The molecule has 0 aromatic carbocycles. The molecule has 0 amide bonds. The van der Waals surface area contributed by atoms with Gasteiger partial charge in [-0.05, 0) is 37.7 Å². The second-order valence-corrected chi connectivity index (χ2v) is 6.66. The van der Waals surface area contributed by atoms with E-state index in [1.54, 1.807) is 13.3 Å². The van der Waals surface area contributed by atoms with E-state index in [0.717, 1.165) is 17.0 Å². The van der Waals surface area contributed by atoms with Gasteiger partial charge in [-0.15, -0.1) is 5.10 Å². The summed E-state index contributed by atoms with van der Waals surface area (Å²) >= 11 is 1.95. The third-order valence-electron chi connectivity index (χ3n) is 3.98. The summed E-state index contributed by atoms with van der Waals surface area (Å²) in [5.41, 5.74) is 0. The Kier molecular flexibility index (Phi) is 5.22. The summed E-state index contributed by atoms with van der Waals surface area (Å²) in [4.78, 5) is 8.69. The Morgan fingerprint density at radius 3 is 3.13 bits per heavy atom. The Bertz CT molecular complexity index is 638. The van der Waals surface area contributed by atoms with Crippen LogP contribution in [0.5, 0.6) is 0 Å². The topological polar surface area (TPSA) is 91.1 Å². The van der Waals surface area contributed by atoms with Gasteiger partial charge in [0, 0.05) is 18.3 Å². The Balaban J connectivity index is 1.51. The van der Waals surface area contributed by atoms with Gasteiger partial charge in [-0.3, -0.25) is 10.1 Å². The van der Waals surface area contributed by atoms with Gasteiger partial charge in [-0.25, -0.2) is 4.98 Å². The number of nitrogens with one attached hydrogen (secondary N) is 3. The zero-order chi connectivity index (χ0) is 16.1. The molecular formula is C15H22N6OS. The van der Waals surface area contributed by atoms with Crippen LogP contribution in [0.15, 0.2) is 27.8 Å². The highest BCUT2D eigenvalue weighted by molar-refractivity contribution is 7.99. The minimum absolute atomic E-state index is 0.493. The van der Waals surface area contributed by atoms with Gasteiger partial charge in [-0.1, -0.05) is 0 Å². The largest absolute Gasteiger partial charge is 0.461 e. The van der Waals surface area contributed by atoms with E-state index >= 15 is 0 Å². The molecule has 1 fully saturated rings. The predicted octanol–water partition coefficient (Wildman–Crippen LogP) is 2.01. The van der Waals surface area contributed by atoms with Crippen molar-refractivity contribution in [2.75, 3.05) is 13.3 Å². The monoisotopic (exact) mass is 334 g/mol. The fourth-order valence-electron chi connectivity index (χ4n) is 2.73. The molecule has 3 rings (SSSR count). The van der Waals surface area contributed by atoms with Gasteiger partial charge in [0.1, 0.15) is 5.82 Å². The molecule has 2 heterocycles. The Morgan fingerprint density at radius 1 is 1.52 bits per heavy atom. The van der Waals surface area contributed by atoms with E-state index in [0.29, 0.717) is 24.2 Å². The molecule has 0 aliphatic heterocycles. The van der Waals surface area contributed by atoms with Gasteiger partial charge in [0.05, 0.1) is 12.8 Å². The maximum atomic E-state index is 5.29. The predicted molar refractivity (Wildman–Crippen MR) is 92.4 cm³/mol. The summed E-state index contributed by atoms with van der Waals surface area (Å²) in [6.45, 7) is 0.534. The lowest BCUT2D eigenvalue weighted by molar-refractivity contribution is 0.577. The van der Waals surface area contributed by atoms with Crippen LogP contribution in [0.4, 0.5) is 0 Å². The summed E-state index contributed by atoms with van der Waals surface area (Å²) in [6, 6.07) is 4.15. The van der Waals surface area contributed by atoms with Crippen molar-refractivity contribution in [1.29, 1.82) is 0 Å². The molecule has 1 aliphatic carbocycles. The number of aliphatic imine (C=N–C) groups is 1. The standard InChI is InChI=1S/C15H22N6OS/c1-16-15(18-10-5-6-11(8-10)23-2)17-9-13-19-14(21-20-13)12-4-3-7-22-12/h3-4,7,10-11H,5-6,8-9H2,1-2H3,(H2,16,17,18)(H,19,20,21). The van der Waals surface area contributed by atoms with Crippen LogP contribution < -0.4 is 10.6 Å². The van der Waals surface area contributed by atoms with E-state index in [1.807, 2.05) is 23.9 Å². The SMILES string of the molecule is CN=C(NCc1nc(-c2ccco2)n[nH]1)NC1CCC(SC)C1. The molecule has 2 aromatic rings. The van der Waals surface area contributed by atoms with E-state index in [9.17, 15) is 0 Å². The molecule has 2 unspecified atom stereocenters. The second-order valence-electron chi connectivity index (χ2n) is 5.52. The highest BCUT2D eigenvalue weighted by atomic mass is 32.2. The molecule has 0 radical (unpaired) electrons. The van der Waals surface area contributed by atoms with Crippen molar-refractivity contribution in [2.24, 2.45) is 4.99 Å². The minimum Gasteiger partial charge on any atom is -0.461 e. The first-order chi connectivity index (χ1) is 11.3. The maximum Gasteiger partial charge on any atom is 0.216 e. The molecule has 8 heteroatoms. The molecule has 0 spiro atoms. The molecule has 0 bridgehead atoms. The fraction of sp³-hybridized carbons (Fsp3) is 0.533. The first kappa shape index (κ1) is 15.9. The number of hydrogen-bond acceptors (Lipinski definition) is 5. The van der Waals surface area contributed by atoms with Crippen LogP contribution in [0.1, 0.15) is 25.1 Å². The normalized spacial score (nSPS) is 21.6. The van der Waals surface area contributed by atoms with Crippen molar-refractivity contribution in [2.45, 2.75) is 37.1 Å². The van der Waals surface area contributed by atoms with E-state index < -0.39 is 0 Å². The van der Waals surface area contributed by atoms with Crippen molar-refractivity contribution in [3.05, 3.63) is 24.2 Å². The van der Waals surface area contributed by atoms with Gasteiger partial charge < -0.3 is 15.1 Å². The van der Waals surface area contributed by atoms with Gasteiger partial charge in [0.25, 0.3) is 0 Å². The van der Waals surface area contributed by atoms with Crippen molar-refractivity contribution in [3.8, 4) is 11.6 Å². The van der Waals surface area contributed by atoms with Crippen LogP contribution in [0.2, 0.25) is 0 Å². The van der Waals surface area contributed by atoms with Gasteiger partial charge >= 0.3 is 0 Å². The Labute approximate surface area is 139 Å². The smallest absolute Gasteiger partial charge is 0.216 e. The third-order valence-corrected chi connectivity index (χ3v) is 5.07. The van der Waals surface area contributed by atoms with Crippen molar-refractivity contribution >= 4 is 17.7 Å². The first-order valence-corrected chi connectivity index (χ1v) is 9.02. The molecule has 3 N–H and O–H groups in total. The Morgan fingerprint density at radius 2 is 2.43 bits per heavy atom. The lowest BCUT2D eigenvalue weighted by Crippen LogP contribution is -2.42. The molecular weight excluding hydrogens is 312 g/mol. The minimum atomic E-state index is 0.493. The van der Waals surface area contributed by atoms with Crippen molar-refractivity contribution in [3.63, 3.8) is 0 Å². The van der Waals surface area contributed by atoms with E-state index in [2.05, 4.69) is 37.1 Å². The van der Waals surface area contributed by atoms with Crippen LogP contribution in [0.3, 0.4) is 0 Å². The zero-order valence-corrected chi connectivity index (χ0v) is 14.2. The van der Waals surface area contributed by atoms with Crippen LogP contribution in [-0.2, 0) is 6.54 Å². The molecule has 1 aliphatic rings. The number of nitrogens with zero attached hydrogens (tertiary/aromatic N) is 3. The first-order valence-electron chi connectivity index (χ1n) is 7.73. The molecule has 2 atom stereocenters. The summed E-state index contributed by atoms with van der Waals surface area (Å²) in [7, 11) is 1.78. The second kappa shape index (κ2) is 7.54. The molecule has 23 heavy (non-hydrogen) atoms. The number of furan rings is 1. The zero-order valence-electron chi connectivity index (χ0n) is 13.4. The molecule has 0 saturated heterocycles. The molecule has 1 saturated carbocycles. The van der Waals surface area contributed by atoms with Crippen molar-refractivity contribution < 1.29 is 4.42 Å². The fourth-order valence-corrected chi connectivity index (χ4v) is 3.53. The summed E-state index contributed by atoms with van der Waals surface area (Å²) in [5.74, 6) is 2.76.